The Labute approximate surface area is 94.0 Å². The van der Waals surface area contributed by atoms with Crippen molar-refractivity contribution in [2.75, 3.05) is 13.1 Å². The van der Waals surface area contributed by atoms with Crippen LogP contribution in [0.1, 0.15) is 52.9 Å². The van der Waals surface area contributed by atoms with Crippen LogP contribution in [0.15, 0.2) is 0 Å². The first-order valence-corrected chi connectivity index (χ1v) is 6.10. The third-order valence-corrected chi connectivity index (χ3v) is 2.64. The van der Waals surface area contributed by atoms with E-state index in [4.69, 9.17) is 5.73 Å². The van der Waals surface area contributed by atoms with Crippen LogP contribution < -0.4 is 5.73 Å². The van der Waals surface area contributed by atoms with Gasteiger partial charge in [0.15, 0.2) is 0 Å². The summed E-state index contributed by atoms with van der Waals surface area (Å²) in [6.45, 7) is 7.81. The summed E-state index contributed by atoms with van der Waals surface area (Å²) in [5.74, 6) is -0.225. The van der Waals surface area contributed by atoms with Crippen LogP contribution in [0.2, 0.25) is 0 Å². The largest absolute Gasteiger partial charge is 0.369 e. The molecule has 0 heterocycles. The van der Waals surface area contributed by atoms with Crippen LogP contribution in [-0.4, -0.2) is 29.9 Å². The van der Waals surface area contributed by atoms with E-state index in [9.17, 15) is 4.79 Å². The van der Waals surface area contributed by atoms with Gasteiger partial charge in [-0.2, -0.15) is 0 Å². The Balaban J connectivity index is 3.62. The number of carbonyl (C=O) groups is 1. The van der Waals surface area contributed by atoms with E-state index in [-0.39, 0.29) is 5.91 Å². The predicted octanol–water partition coefficient (Wildman–Crippen LogP) is 2.15. The highest BCUT2D eigenvalue weighted by Crippen LogP contribution is 2.05. The third kappa shape index (κ3) is 8.43. The van der Waals surface area contributed by atoms with Gasteiger partial charge in [0.1, 0.15) is 0 Å². The summed E-state index contributed by atoms with van der Waals surface area (Å²) in [5.41, 5.74) is 5.20. The van der Waals surface area contributed by atoms with Gasteiger partial charge in [-0.25, -0.2) is 0 Å². The molecule has 3 nitrogen and oxygen atoms in total. The first kappa shape index (κ1) is 14.4. The molecule has 0 aromatic carbocycles. The van der Waals surface area contributed by atoms with Crippen molar-refractivity contribution in [3.63, 3.8) is 0 Å². The van der Waals surface area contributed by atoms with Gasteiger partial charge in [0.2, 0.25) is 5.91 Å². The molecule has 0 saturated carbocycles. The van der Waals surface area contributed by atoms with Crippen molar-refractivity contribution >= 4 is 5.91 Å². The monoisotopic (exact) mass is 214 g/mol. The van der Waals surface area contributed by atoms with Gasteiger partial charge < -0.3 is 5.73 Å². The molecule has 0 unspecified atom stereocenters. The summed E-state index contributed by atoms with van der Waals surface area (Å²) >= 11 is 0. The fourth-order valence-corrected chi connectivity index (χ4v) is 1.64. The summed E-state index contributed by atoms with van der Waals surface area (Å²) < 4.78 is 0. The van der Waals surface area contributed by atoms with Crippen LogP contribution in [0.4, 0.5) is 0 Å². The maximum absolute atomic E-state index is 10.8. The van der Waals surface area contributed by atoms with Gasteiger partial charge in [-0.15, -0.1) is 0 Å². The number of rotatable bonds is 9. The Hall–Kier alpha value is -0.570. The average molecular weight is 214 g/mol. The second-order valence-electron chi connectivity index (χ2n) is 4.44. The molecule has 0 aliphatic carbocycles. The van der Waals surface area contributed by atoms with Crippen molar-refractivity contribution in [3.8, 4) is 0 Å². The molecule has 0 saturated heterocycles. The summed E-state index contributed by atoms with van der Waals surface area (Å²) in [6, 6.07) is 0.406. The quantitative estimate of drug-likeness (QED) is 0.598. The van der Waals surface area contributed by atoms with Crippen LogP contribution in [0.3, 0.4) is 0 Å². The molecule has 2 N–H and O–H groups in total. The summed E-state index contributed by atoms with van der Waals surface area (Å²) in [7, 11) is 0. The Morgan fingerprint density at radius 1 is 1.20 bits per heavy atom. The van der Waals surface area contributed by atoms with E-state index in [1.165, 1.54) is 32.1 Å². The fraction of sp³-hybridized carbons (Fsp3) is 0.917. The van der Waals surface area contributed by atoms with E-state index in [0.29, 0.717) is 12.6 Å². The molecule has 0 atom stereocenters. The second-order valence-corrected chi connectivity index (χ2v) is 4.44. The maximum Gasteiger partial charge on any atom is 0.231 e. The highest BCUT2D eigenvalue weighted by atomic mass is 16.1. The van der Waals surface area contributed by atoms with Gasteiger partial charge in [-0.05, 0) is 26.8 Å². The van der Waals surface area contributed by atoms with Gasteiger partial charge >= 0.3 is 0 Å². The van der Waals surface area contributed by atoms with E-state index < -0.39 is 0 Å². The van der Waals surface area contributed by atoms with Crippen molar-refractivity contribution in [2.24, 2.45) is 5.73 Å². The first-order valence-electron chi connectivity index (χ1n) is 6.10. The molecule has 0 aliphatic rings. The Morgan fingerprint density at radius 2 is 1.80 bits per heavy atom. The van der Waals surface area contributed by atoms with Crippen molar-refractivity contribution < 1.29 is 4.79 Å². The number of nitrogens with two attached hydrogens (primary N) is 1. The minimum absolute atomic E-state index is 0.225. The van der Waals surface area contributed by atoms with Crippen molar-refractivity contribution in [1.82, 2.24) is 4.90 Å². The molecule has 0 fully saturated rings. The lowest BCUT2D eigenvalue weighted by Crippen LogP contribution is -2.39. The smallest absolute Gasteiger partial charge is 0.231 e. The molecule has 0 radical (unpaired) electrons. The van der Waals surface area contributed by atoms with E-state index in [1.807, 2.05) is 0 Å². The van der Waals surface area contributed by atoms with Crippen LogP contribution in [-0.2, 0) is 4.79 Å². The van der Waals surface area contributed by atoms with Gasteiger partial charge in [0.05, 0.1) is 6.54 Å². The molecular formula is C12H26N2O. The molecule has 3 heteroatoms. The van der Waals surface area contributed by atoms with Crippen LogP contribution >= 0.6 is 0 Å². The summed E-state index contributed by atoms with van der Waals surface area (Å²) in [6.07, 6.45) is 6.33. The number of carbonyl (C=O) groups excluding carboxylic acids is 1. The molecule has 0 rings (SSSR count). The molecule has 15 heavy (non-hydrogen) atoms. The zero-order valence-corrected chi connectivity index (χ0v) is 10.5. The molecule has 0 aliphatic heterocycles. The molecule has 0 aromatic rings. The van der Waals surface area contributed by atoms with Crippen molar-refractivity contribution in [3.05, 3.63) is 0 Å². The van der Waals surface area contributed by atoms with E-state index >= 15 is 0 Å². The van der Waals surface area contributed by atoms with E-state index in [0.717, 1.165) is 6.54 Å². The van der Waals surface area contributed by atoms with Gasteiger partial charge in [-0.3, -0.25) is 9.69 Å². The zero-order valence-electron chi connectivity index (χ0n) is 10.5. The second kappa shape index (κ2) is 8.72. The highest BCUT2D eigenvalue weighted by Gasteiger charge is 2.10. The Morgan fingerprint density at radius 3 is 2.27 bits per heavy atom. The molecule has 0 bridgehead atoms. The number of hydrogen-bond acceptors (Lipinski definition) is 2. The normalized spacial score (nSPS) is 11.3. The van der Waals surface area contributed by atoms with Gasteiger partial charge in [-0.1, -0.05) is 32.6 Å². The number of hydrogen-bond donors (Lipinski definition) is 1. The number of unbranched alkanes of at least 4 members (excludes halogenated alkanes) is 4. The highest BCUT2D eigenvalue weighted by molar-refractivity contribution is 5.75. The average Bonchev–Trinajstić information content (AvgIpc) is 2.15. The standard InChI is InChI=1S/C12H26N2O/c1-4-5-6-7-8-9-14(11(2)3)10-12(13)15/h11H,4-10H2,1-3H3,(H2,13,15). The van der Waals surface area contributed by atoms with Crippen molar-refractivity contribution in [2.45, 2.75) is 58.9 Å². The molecule has 0 spiro atoms. The minimum atomic E-state index is -0.225. The third-order valence-electron chi connectivity index (χ3n) is 2.64. The number of amides is 1. The van der Waals surface area contributed by atoms with Gasteiger partial charge in [0.25, 0.3) is 0 Å². The summed E-state index contributed by atoms with van der Waals surface area (Å²) in [4.78, 5) is 13.0. The van der Waals surface area contributed by atoms with Crippen molar-refractivity contribution in [1.29, 1.82) is 0 Å². The lowest BCUT2D eigenvalue weighted by molar-refractivity contribution is -0.119. The van der Waals surface area contributed by atoms with E-state index in [2.05, 4.69) is 25.7 Å². The minimum Gasteiger partial charge on any atom is -0.369 e. The molecule has 1 amide bonds. The van der Waals surface area contributed by atoms with Crippen LogP contribution in [0, 0.1) is 0 Å². The number of primary amides is 1. The fourth-order valence-electron chi connectivity index (χ4n) is 1.64. The SMILES string of the molecule is CCCCCCCN(CC(N)=O)C(C)C. The maximum atomic E-state index is 10.8. The first-order chi connectivity index (χ1) is 7.07. The van der Waals surface area contributed by atoms with Crippen LogP contribution in [0.5, 0.6) is 0 Å². The Bertz CT molecular complexity index is 169. The zero-order chi connectivity index (χ0) is 11.7. The topological polar surface area (TPSA) is 46.3 Å². The molecular weight excluding hydrogens is 188 g/mol. The van der Waals surface area contributed by atoms with Crippen LogP contribution in [0.25, 0.3) is 0 Å². The van der Waals surface area contributed by atoms with E-state index in [1.54, 1.807) is 0 Å². The van der Waals surface area contributed by atoms with Gasteiger partial charge in [0, 0.05) is 6.04 Å². The Kier molecular flexibility index (Phi) is 8.38. The predicted molar refractivity (Wildman–Crippen MR) is 64.7 cm³/mol. The number of nitrogens with zero attached hydrogens (tertiary/aromatic N) is 1. The summed E-state index contributed by atoms with van der Waals surface area (Å²) in [5, 5.41) is 0. The lowest BCUT2D eigenvalue weighted by atomic mass is 10.1. The lowest BCUT2D eigenvalue weighted by Gasteiger charge is -2.24. The molecule has 0 aromatic heterocycles. The molecule has 90 valence electrons.